The Balaban J connectivity index is 1.86. The number of likely N-dealkylation sites (N-methyl/N-ethyl adjacent to an activating group) is 1. The van der Waals surface area contributed by atoms with Gasteiger partial charge in [0.15, 0.2) is 0 Å². The smallest absolute Gasteiger partial charge is 0.236 e. The molecule has 0 unspecified atom stereocenters. The van der Waals surface area contributed by atoms with Gasteiger partial charge in [-0.1, -0.05) is 6.07 Å². The van der Waals surface area contributed by atoms with Crippen LogP contribution in [0.2, 0.25) is 0 Å². The lowest BCUT2D eigenvalue weighted by Gasteiger charge is -2.10. The molecule has 0 saturated carbocycles. The molecule has 0 spiro atoms. The maximum atomic E-state index is 11.4. The monoisotopic (exact) mass is 280 g/mol. The van der Waals surface area contributed by atoms with Gasteiger partial charge in [-0.05, 0) is 22.9 Å². The number of nitrogens with one attached hydrogen (secondary N) is 1. The molecule has 2 heterocycles. The topological polar surface area (TPSA) is 32.3 Å². The number of carbonyl (C=O) groups excluding carboxylic acids is 1. The Labute approximate surface area is 115 Å². The molecule has 2 aromatic heterocycles. The summed E-state index contributed by atoms with van der Waals surface area (Å²) < 4.78 is 0. The molecule has 0 radical (unpaired) electrons. The number of thiophene rings is 2. The van der Waals surface area contributed by atoms with Crippen molar-refractivity contribution in [1.82, 2.24) is 10.2 Å². The molecular formula is C13H16N2OS2. The van der Waals surface area contributed by atoms with Crippen LogP contribution in [0, 0.1) is 0 Å². The molecule has 1 N–H and O–H groups in total. The van der Waals surface area contributed by atoms with Crippen LogP contribution in [0.1, 0.15) is 4.88 Å². The summed E-state index contributed by atoms with van der Waals surface area (Å²) in [5.74, 6) is 0.102. The van der Waals surface area contributed by atoms with Crippen LogP contribution >= 0.6 is 22.7 Å². The molecule has 0 atom stereocenters. The van der Waals surface area contributed by atoms with Crippen LogP contribution in [0.25, 0.3) is 10.4 Å². The Kier molecular flexibility index (Phi) is 4.52. The molecule has 0 aliphatic heterocycles. The summed E-state index contributed by atoms with van der Waals surface area (Å²) in [5, 5.41) is 7.41. The lowest BCUT2D eigenvalue weighted by molar-refractivity contribution is -0.127. The summed E-state index contributed by atoms with van der Waals surface area (Å²) in [4.78, 5) is 15.5. The summed E-state index contributed by atoms with van der Waals surface area (Å²) in [5.41, 5.74) is 1.27. The number of amides is 1. The van der Waals surface area contributed by atoms with E-state index in [4.69, 9.17) is 0 Å². The maximum Gasteiger partial charge on any atom is 0.236 e. The third-order valence-corrected chi connectivity index (χ3v) is 4.39. The van der Waals surface area contributed by atoms with E-state index in [0.717, 1.165) is 6.54 Å². The highest BCUT2D eigenvalue weighted by molar-refractivity contribution is 7.14. The minimum atomic E-state index is 0.102. The van der Waals surface area contributed by atoms with Crippen molar-refractivity contribution in [3.63, 3.8) is 0 Å². The average Bonchev–Trinajstić information content (AvgIpc) is 2.98. The zero-order valence-corrected chi connectivity index (χ0v) is 12.1. The predicted octanol–water partition coefficient (Wildman–Crippen LogP) is 2.65. The van der Waals surface area contributed by atoms with Gasteiger partial charge >= 0.3 is 0 Å². The molecule has 0 bridgehead atoms. The molecule has 5 heteroatoms. The molecule has 96 valence electrons. The molecular weight excluding hydrogens is 264 g/mol. The van der Waals surface area contributed by atoms with E-state index in [1.807, 2.05) is 0 Å². The van der Waals surface area contributed by atoms with Crippen LogP contribution in [-0.2, 0) is 11.3 Å². The third kappa shape index (κ3) is 3.41. The molecule has 0 aliphatic rings. The van der Waals surface area contributed by atoms with E-state index in [-0.39, 0.29) is 5.91 Å². The number of carbonyl (C=O) groups is 1. The molecule has 2 rings (SSSR count). The van der Waals surface area contributed by atoms with Crippen LogP contribution in [-0.4, -0.2) is 31.4 Å². The summed E-state index contributed by atoms with van der Waals surface area (Å²) in [6, 6.07) is 6.37. The molecule has 0 saturated heterocycles. The Morgan fingerprint density at radius 3 is 2.89 bits per heavy atom. The highest BCUT2D eigenvalue weighted by Gasteiger charge is 2.05. The normalized spacial score (nSPS) is 10.6. The average molecular weight is 280 g/mol. The first-order valence-electron chi connectivity index (χ1n) is 5.69. The molecule has 2 aromatic rings. The van der Waals surface area contributed by atoms with E-state index in [1.165, 1.54) is 15.3 Å². The fraction of sp³-hybridized carbons (Fsp3) is 0.308. The Bertz CT molecular complexity index is 503. The molecule has 0 aliphatic carbocycles. The largest absolute Gasteiger partial charge is 0.348 e. The fourth-order valence-electron chi connectivity index (χ4n) is 1.50. The second kappa shape index (κ2) is 6.13. The van der Waals surface area contributed by atoms with Crippen LogP contribution in [0.5, 0.6) is 0 Å². The standard InChI is InChI=1S/C13H16N2OS2/c1-15(2)13(16)8-14-7-11-6-10(9-18-11)12-4-3-5-17-12/h3-6,9,14H,7-8H2,1-2H3. The molecule has 0 fully saturated rings. The van der Waals surface area contributed by atoms with Crippen molar-refractivity contribution >= 4 is 28.6 Å². The van der Waals surface area contributed by atoms with Gasteiger partial charge in [0, 0.05) is 36.0 Å². The van der Waals surface area contributed by atoms with E-state index in [1.54, 1.807) is 41.7 Å². The minimum Gasteiger partial charge on any atom is -0.348 e. The summed E-state index contributed by atoms with van der Waals surface area (Å²) in [7, 11) is 3.54. The quantitative estimate of drug-likeness (QED) is 0.913. The van der Waals surface area contributed by atoms with Gasteiger partial charge in [0.25, 0.3) is 0 Å². The SMILES string of the molecule is CN(C)C(=O)CNCc1cc(-c2cccs2)cs1. The number of hydrogen-bond acceptors (Lipinski definition) is 4. The maximum absolute atomic E-state index is 11.4. The first-order chi connectivity index (χ1) is 8.66. The van der Waals surface area contributed by atoms with Crippen molar-refractivity contribution < 1.29 is 4.79 Å². The number of nitrogens with zero attached hydrogens (tertiary/aromatic N) is 1. The molecule has 3 nitrogen and oxygen atoms in total. The lowest BCUT2D eigenvalue weighted by atomic mass is 10.2. The van der Waals surface area contributed by atoms with Crippen LogP contribution in [0.15, 0.2) is 29.0 Å². The van der Waals surface area contributed by atoms with Crippen molar-refractivity contribution in [1.29, 1.82) is 0 Å². The Morgan fingerprint density at radius 2 is 2.22 bits per heavy atom. The number of rotatable bonds is 5. The van der Waals surface area contributed by atoms with Crippen molar-refractivity contribution in [3.8, 4) is 10.4 Å². The number of hydrogen-bond donors (Lipinski definition) is 1. The van der Waals surface area contributed by atoms with Crippen molar-refractivity contribution in [2.45, 2.75) is 6.54 Å². The zero-order chi connectivity index (χ0) is 13.0. The zero-order valence-electron chi connectivity index (χ0n) is 10.5. The van der Waals surface area contributed by atoms with Gasteiger partial charge in [0.05, 0.1) is 6.54 Å². The lowest BCUT2D eigenvalue weighted by Crippen LogP contribution is -2.32. The summed E-state index contributed by atoms with van der Waals surface area (Å²) in [6.45, 7) is 1.13. The molecule has 0 aromatic carbocycles. The van der Waals surface area contributed by atoms with Crippen molar-refractivity contribution in [2.24, 2.45) is 0 Å². The van der Waals surface area contributed by atoms with E-state index < -0.39 is 0 Å². The van der Waals surface area contributed by atoms with Gasteiger partial charge in [0.1, 0.15) is 0 Å². The van der Waals surface area contributed by atoms with Crippen molar-refractivity contribution in [3.05, 3.63) is 33.8 Å². The second-order valence-electron chi connectivity index (χ2n) is 4.17. The van der Waals surface area contributed by atoms with Gasteiger partial charge in [-0.2, -0.15) is 0 Å². The highest BCUT2D eigenvalue weighted by Crippen LogP contribution is 2.29. The van der Waals surface area contributed by atoms with Gasteiger partial charge < -0.3 is 10.2 Å². The van der Waals surface area contributed by atoms with E-state index in [2.05, 4.69) is 34.3 Å². The summed E-state index contributed by atoms with van der Waals surface area (Å²) in [6.07, 6.45) is 0. The van der Waals surface area contributed by atoms with Crippen LogP contribution in [0.4, 0.5) is 0 Å². The predicted molar refractivity (Wildman–Crippen MR) is 78.0 cm³/mol. The van der Waals surface area contributed by atoms with E-state index in [9.17, 15) is 4.79 Å². The van der Waals surface area contributed by atoms with Gasteiger partial charge in [-0.3, -0.25) is 4.79 Å². The van der Waals surface area contributed by atoms with Crippen LogP contribution in [0.3, 0.4) is 0 Å². The van der Waals surface area contributed by atoms with Gasteiger partial charge in [0.2, 0.25) is 5.91 Å². The fourth-order valence-corrected chi connectivity index (χ4v) is 3.14. The first-order valence-corrected chi connectivity index (χ1v) is 7.45. The van der Waals surface area contributed by atoms with Crippen molar-refractivity contribution in [2.75, 3.05) is 20.6 Å². The third-order valence-electron chi connectivity index (χ3n) is 2.53. The molecule has 18 heavy (non-hydrogen) atoms. The Morgan fingerprint density at radius 1 is 1.39 bits per heavy atom. The van der Waals surface area contributed by atoms with Gasteiger partial charge in [-0.25, -0.2) is 0 Å². The van der Waals surface area contributed by atoms with E-state index >= 15 is 0 Å². The minimum absolute atomic E-state index is 0.102. The second-order valence-corrected chi connectivity index (χ2v) is 6.11. The molecule has 1 amide bonds. The van der Waals surface area contributed by atoms with E-state index in [0.29, 0.717) is 6.54 Å². The highest BCUT2D eigenvalue weighted by atomic mass is 32.1. The van der Waals surface area contributed by atoms with Crippen LogP contribution < -0.4 is 5.32 Å². The first kappa shape index (κ1) is 13.3. The van der Waals surface area contributed by atoms with Gasteiger partial charge in [-0.15, -0.1) is 22.7 Å². The Hall–Kier alpha value is -1.17. The summed E-state index contributed by atoms with van der Waals surface area (Å²) >= 11 is 3.47.